The summed E-state index contributed by atoms with van der Waals surface area (Å²) in [4.78, 5) is 47.2. The fourth-order valence-electron chi connectivity index (χ4n) is 3.52. The maximum atomic E-state index is 13.1. The predicted molar refractivity (Wildman–Crippen MR) is 136 cm³/mol. The predicted octanol–water partition coefficient (Wildman–Crippen LogP) is 3.26. The Morgan fingerprint density at radius 1 is 1.21 bits per heavy atom. The van der Waals surface area contributed by atoms with Gasteiger partial charge >= 0.3 is 0 Å². The molecule has 5 aromatic heterocycles. The number of thiophene rings is 1. The van der Waals surface area contributed by atoms with E-state index < -0.39 is 17.2 Å². The summed E-state index contributed by atoms with van der Waals surface area (Å²) in [5.74, 6) is -0.664. The van der Waals surface area contributed by atoms with Crippen LogP contribution >= 0.6 is 22.9 Å². The summed E-state index contributed by atoms with van der Waals surface area (Å²) in [5.41, 5.74) is 0.181. The fraction of sp³-hybridized carbons (Fsp3) is 0.0833. The van der Waals surface area contributed by atoms with Gasteiger partial charge in [-0.25, -0.2) is 4.98 Å². The van der Waals surface area contributed by atoms with Crippen LogP contribution in [0.4, 0.5) is 5.82 Å². The monoisotopic (exact) mass is 546 g/mol. The largest absolute Gasteiger partial charge is 0.365 e. The van der Waals surface area contributed by atoms with E-state index in [2.05, 4.69) is 25.5 Å². The molecule has 0 saturated heterocycles. The van der Waals surface area contributed by atoms with Crippen LogP contribution in [0.1, 0.15) is 31.3 Å². The van der Waals surface area contributed by atoms with Crippen molar-refractivity contribution in [3.8, 4) is 17.3 Å². The van der Waals surface area contributed by atoms with E-state index in [1.165, 1.54) is 48.6 Å². The van der Waals surface area contributed by atoms with Crippen LogP contribution in [0.15, 0.2) is 70.8 Å². The van der Waals surface area contributed by atoms with Crippen molar-refractivity contribution < 1.29 is 14.1 Å². The topological polar surface area (TPSA) is 162 Å². The molecule has 0 atom stereocenters. The van der Waals surface area contributed by atoms with Crippen LogP contribution in [0.2, 0.25) is 4.34 Å². The second-order valence-corrected chi connectivity index (χ2v) is 9.60. The molecule has 0 unspecified atom stereocenters. The number of nitriles is 1. The third-order valence-electron chi connectivity index (χ3n) is 5.34. The highest BCUT2D eigenvalue weighted by molar-refractivity contribution is 7.16. The van der Waals surface area contributed by atoms with Crippen LogP contribution in [0.25, 0.3) is 11.3 Å². The molecule has 0 amide bonds. The van der Waals surface area contributed by atoms with Crippen LogP contribution < -0.4 is 10.9 Å². The first-order valence-electron chi connectivity index (χ1n) is 10.9. The average Bonchev–Trinajstić information content (AvgIpc) is 3.70. The fourth-order valence-corrected chi connectivity index (χ4v) is 4.55. The van der Waals surface area contributed by atoms with E-state index >= 15 is 0 Å². The Kier molecular flexibility index (Phi) is 6.90. The molecule has 0 fully saturated rings. The van der Waals surface area contributed by atoms with Crippen molar-refractivity contribution in [1.82, 2.24) is 29.5 Å². The molecular weight excluding hydrogens is 532 g/mol. The second kappa shape index (κ2) is 10.6. The molecule has 12 nitrogen and oxygen atoms in total. The van der Waals surface area contributed by atoms with E-state index in [0.717, 1.165) is 20.2 Å². The number of nitrogens with one attached hydrogen (secondary N) is 1. The van der Waals surface area contributed by atoms with Crippen molar-refractivity contribution in [2.75, 3.05) is 5.32 Å². The Balaban J connectivity index is 1.54. The Labute approximate surface area is 222 Å². The molecule has 0 spiro atoms. The number of carbonyl (C=O) groups excluding carboxylic acids is 2. The summed E-state index contributed by atoms with van der Waals surface area (Å²) in [7, 11) is 0. The van der Waals surface area contributed by atoms with Crippen LogP contribution in [0.3, 0.4) is 0 Å². The minimum atomic E-state index is -0.560. The maximum absolute atomic E-state index is 13.1. The number of pyridine rings is 1. The molecular formula is C24H15ClN8O4S. The van der Waals surface area contributed by atoms with Crippen LogP contribution in [0.5, 0.6) is 0 Å². The van der Waals surface area contributed by atoms with Crippen molar-refractivity contribution in [1.29, 1.82) is 5.26 Å². The first-order valence-corrected chi connectivity index (χ1v) is 12.1. The standard InChI is InChI=1S/C24H15ClN8O4S/c25-21-2-1-16(38-21)9-29-22-6-18(31-33(22)24(36)15-8-30-37-13-15)17-11-32(23(35)5-14(17)7-26)12-20(34)19-10-27-3-4-28-19/h1-6,8,10-11,13,29H,9,12H2. The Morgan fingerprint density at radius 3 is 2.76 bits per heavy atom. The average molecular weight is 547 g/mol. The van der Waals surface area contributed by atoms with Crippen molar-refractivity contribution >= 4 is 40.4 Å². The minimum absolute atomic E-state index is 0.0249. The second-order valence-electron chi connectivity index (χ2n) is 7.80. The lowest BCUT2D eigenvalue weighted by Crippen LogP contribution is -2.24. The number of nitrogens with zero attached hydrogens (tertiary/aromatic N) is 7. The summed E-state index contributed by atoms with van der Waals surface area (Å²) in [6.45, 7) is 0.0114. The maximum Gasteiger partial charge on any atom is 0.285 e. The van der Waals surface area contributed by atoms with Gasteiger partial charge in [-0.05, 0) is 12.1 Å². The van der Waals surface area contributed by atoms with Gasteiger partial charge in [-0.1, -0.05) is 16.8 Å². The number of carbonyl (C=O) groups is 2. The molecule has 0 bridgehead atoms. The summed E-state index contributed by atoms with van der Waals surface area (Å²) in [5, 5.41) is 20.8. The van der Waals surface area contributed by atoms with Gasteiger partial charge in [0.25, 0.3) is 11.5 Å². The molecule has 0 saturated carbocycles. The minimum Gasteiger partial charge on any atom is -0.365 e. The summed E-state index contributed by atoms with van der Waals surface area (Å²) >= 11 is 7.40. The Morgan fingerprint density at radius 2 is 2.08 bits per heavy atom. The molecule has 5 rings (SSSR count). The third-order valence-corrected chi connectivity index (χ3v) is 6.57. The van der Waals surface area contributed by atoms with Gasteiger partial charge < -0.3 is 14.4 Å². The highest BCUT2D eigenvalue weighted by atomic mass is 35.5. The van der Waals surface area contributed by atoms with Gasteiger partial charge in [-0.3, -0.25) is 19.4 Å². The smallest absolute Gasteiger partial charge is 0.285 e. The number of hydrogen-bond donors (Lipinski definition) is 1. The molecule has 0 radical (unpaired) electrons. The Hall–Kier alpha value is -4.93. The van der Waals surface area contributed by atoms with Crippen LogP contribution in [-0.4, -0.2) is 41.2 Å². The number of hydrogen-bond acceptors (Lipinski definition) is 11. The SMILES string of the molecule is N#Cc1cc(=O)n(CC(=O)c2cnccn2)cc1-c1cc(NCc2ccc(Cl)s2)n(C(=O)c2cnoc2)n1. The first kappa shape index (κ1) is 24.8. The van der Waals surface area contributed by atoms with Crippen molar-refractivity contribution in [2.24, 2.45) is 0 Å². The zero-order valence-corrected chi connectivity index (χ0v) is 20.8. The van der Waals surface area contributed by atoms with E-state index in [0.29, 0.717) is 16.7 Å². The Bertz CT molecular complexity index is 1740. The molecule has 0 aromatic carbocycles. The first-order chi connectivity index (χ1) is 18.4. The summed E-state index contributed by atoms with van der Waals surface area (Å²) in [6.07, 6.45) is 7.90. The van der Waals surface area contributed by atoms with E-state index in [4.69, 9.17) is 16.1 Å². The number of aromatic nitrogens is 6. The lowest BCUT2D eigenvalue weighted by molar-refractivity contribution is 0.0944. The van der Waals surface area contributed by atoms with Gasteiger partial charge in [0, 0.05) is 41.2 Å². The zero-order chi connectivity index (χ0) is 26.6. The number of Topliss-reactive ketones (excluding diaryl/α,β-unsaturated/α-hetero) is 1. The van der Waals surface area contributed by atoms with Crippen molar-refractivity contribution in [3.63, 3.8) is 0 Å². The van der Waals surface area contributed by atoms with Gasteiger partial charge in [-0.2, -0.15) is 15.0 Å². The molecule has 14 heteroatoms. The van der Waals surface area contributed by atoms with E-state index in [-0.39, 0.29) is 34.6 Å². The molecule has 5 aromatic rings. The van der Waals surface area contributed by atoms with E-state index in [1.807, 2.05) is 12.1 Å². The van der Waals surface area contributed by atoms with Gasteiger partial charge in [0.2, 0.25) is 5.78 Å². The number of anilines is 1. The van der Waals surface area contributed by atoms with Crippen LogP contribution in [0, 0.1) is 11.3 Å². The molecule has 38 heavy (non-hydrogen) atoms. The molecule has 0 aliphatic heterocycles. The number of halogens is 1. The van der Waals surface area contributed by atoms with Gasteiger partial charge in [-0.15, -0.1) is 11.3 Å². The van der Waals surface area contributed by atoms with Crippen LogP contribution in [-0.2, 0) is 13.1 Å². The van der Waals surface area contributed by atoms with Crippen molar-refractivity contribution in [3.05, 3.63) is 97.9 Å². The molecule has 0 aliphatic carbocycles. The van der Waals surface area contributed by atoms with E-state index in [9.17, 15) is 19.6 Å². The van der Waals surface area contributed by atoms with Gasteiger partial charge in [0.15, 0.2) is 0 Å². The molecule has 188 valence electrons. The summed E-state index contributed by atoms with van der Waals surface area (Å²) in [6, 6.07) is 8.27. The highest BCUT2D eigenvalue weighted by Gasteiger charge is 2.21. The zero-order valence-electron chi connectivity index (χ0n) is 19.2. The quantitative estimate of drug-likeness (QED) is 0.286. The summed E-state index contributed by atoms with van der Waals surface area (Å²) < 4.78 is 7.67. The molecule has 0 aliphatic rings. The molecule has 5 heterocycles. The van der Waals surface area contributed by atoms with Crippen molar-refractivity contribution in [2.45, 2.75) is 13.1 Å². The lowest BCUT2D eigenvalue weighted by atomic mass is 10.1. The molecule has 1 N–H and O–H groups in total. The lowest BCUT2D eigenvalue weighted by Gasteiger charge is -2.08. The number of ketones is 1. The third kappa shape index (κ3) is 5.12. The number of rotatable bonds is 8. The van der Waals surface area contributed by atoms with E-state index in [1.54, 1.807) is 12.1 Å². The van der Waals surface area contributed by atoms with Gasteiger partial charge in [0.05, 0.1) is 41.1 Å². The van der Waals surface area contributed by atoms with Gasteiger partial charge in [0.1, 0.15) is 29.4 Å². The highest BCUT2D eigenvalue weighted by Crippen LogP contribution is 2.27. The normalized spacial score (nSPS) is 10.7.